The Morgan fingerprint density at radius 1 is 0.955 bits per heavy atom. The molecule has 0 unspecified atom stereocenters. The Morgan fingerprint density at radius 3 is 2.55 bits per heavy atom. The molecule has 0 fully saturated rings. The first-order valence-electron chi connectivity index (χ1n) is 6.74. The quantitative estimate of drug-likeness (QED) is 0.667. The molecule has 0 aliphatic carbocycles. The average molecular weight is 298 g/mol. The van der Waals surface area contributed by atoms with Crippen molar-refractivity contribution in [3.63, 3.8) is 0 Å². The number of benzene rings is 3. The van der Waals surface area contributed by atoms with E-state index >= 15 is 0 Å². The highest BCUT2D eigenvalue weighted by molar-refractivity contribution is 5.90. The normalized spacial score (nSPS) is 10.6. The fourth-order valence-electron chi connectivity index (χ4n) is 2.29. The predicted octanol–water partition coefficient (Wildman–Crippen LogP) is 4.48. The van der Waals surface area contributed by atoms with Crippen molar-refractivity contribution in [1.29, 1.82) is 0 Å². The minimum absolute atomic E-state index is 0.0248. The average Bonchev–Trinajstić information content (AvgIpc) is 2.52. The van der Waals surface area contributed by atoms with Gasteiger partial charge in [0.15, 0.2) is 0 Å². The third kappa shape index (κ3) is 2.81. The third-order valence-corrected chi connectivity index (χ3v) is 3.39. The van der Waals surface area contributed by atoms with Gasteiger partial charge in [-0.2, -0.15) is 0 Å². The van der Waals surface area contributed by atoms with Gasteiger partial charge in [-0.05, 0) is 28.5 Å². The molecule has 0 N–H and O–H groups in total. The number of hydrogen-bond donors (Lipinski definition) is 0. The first-order valence-corrected chi connectivity index (χ1v) is 6.74. The zero-order chi connectivity index (χ0) is 15.5. The highest BCUT2D eigenvalue weighted by atomic mass is 19.1. The van der Waals surface area contributed by atoms with E-state index in [0.29, 0.717) is 6.07 Å². The van der Waals surface area contributed by atoms with Gasteiger partial charge in [0.1, 0.15) is 18.2 Å². The molecule has 0 radical (unpaired) electrons. The molecule has 0 heterocycles. The molecule has 0 bridgehead atoms. The summed E-state index contributed by atoms with van der Waals surface area (Å²) in [6.45, 7) is 0.0248. The van der Waals surface area contributed by atoms with E-state index in [1.165, 1.54) is 0 Å². The van der Waals surface area contributed by atoms with Gasteiger partial charge in [-0.1, -0.05) is 42.5 Å². The predicted molar refractivity (Wildman–Crippen MR) is 79.4 cm³/mol. The Morgan fingerprint density at radius 2 is 1.73 bits per heavy atom. The van der Waals surface area contributed by atoms with Crippen LogP contribution in [0.25, 0.3) is 10.8 Å². The van der Waals surface area contributed by atoms with Gasteiger partial charge in [0.25, 0.3) is 0 Å². The van der Waals surface area contributed by atoms with Crippen LogP contribution in [0, 0.1) is 11.6 Å². The number of carbonyl (C=O) groups is 1. The van der Waals surface area contributed by atoms with Crippen LogP contribution in [0.4, 0.5) is 8.78 Å². The van der Waals surface area contributed by atoms with E-state index in [1.807, 2.05) is 42.5 Å². The number of fused-ring (bicyclic) bond motifs is 1. The standard InChI is InChI=1S/C18H12F2O2/c19-14-8-9-16(17(20)10-14)18(21)22-11-13-6-3-5-12-4-1-2-7-15(12)13/h1-10H,11H2. The van der Waals surface area contributed by atoms with Gasteiger partial charge in [0, 0.05) is 6.07 Å². The number of hydrogen-bond acceptors (Lipinski definition) is 2. The summed E-state index contributed by atoms with van der Waals surface area (Å²) in [5.41, 5.74) is 0.551. The monoisotopic (exact) mass is 298 g/mol. The third-order valence-electron chi connectivity index (χ3n) is 3.39. The number of esters is 1. The van der Waals surface area contributed by atoms with E-state index in [0.717, 1.165) is 28.5 Å². The summed E-state index contributed by atoms with van der Waals surface area (Å²) < 4.78 is 31.5. The van der Waals surface area contributed by atoms with E-state index in [9.17, 15) is 13.6 Å². The fraction of sp³-hybridized carbons (Fsp3) is 0.0556. The zero-order valence-corrected chi connectivity index (χ0v) is 11.6. The second-order valence-corrected chi connectivity index (χ2v) is 4.84. The van der Waals surface area contributed by atoms with Crippen LogP contribution in [0.5, 0.6) is 0 Å². The molecule has 0 saturated carbocycles. The van der Waals surface area contributed by atoms with Gasteiger partial charge in [0.2, 0.25) is 0 Å². The fourth-order valence-corrected chi connectivity index (χ4v) is 2.29. The van der Waals surface area contributed by atoms with Gasteiger partial charge in [-0.15, -0.1) is 0 Å². The topological polar surface area (TPSA) is 26.3 Å². The molecule has 2 nitrogen and oxygen atoms in total. The number of rotatable bonds is 3. The van der Waals surface area contributed by atoms with E-state index in [2.05, 4.69) is 0 Å². The molecule has 0 aliphatic rings. The Balaban J connectivity index is 1.80. The summed E-state index contributed by atoms with van der Waals surface area (Å²) in [4.78, 5) is 11.9. The first kappa shape index (κ1) is 14.2. The number of carbonyl (C=O) groups excluding carboxylic acids is 1. The van der Waals surface area contributed by atoms with Crippen molar-refractivity contribution in [2.24, 2.45) is 0 Å². The summed E-state index contributed by atoms with van der Waals surface area (Å²) in [5.74, 6) is -2.48. The zero-order valence-electron chi connectivity index (χ0n) is 11.6. The molecular formula is C18H12F2O2. The van der Waals surface area contributed by atoms with Crippen molar-refractivity contribution in [2.45, 2.75) is 6.61 Å². The molecule has 3 aromatic carbocycles. The molecule has 0 amide bonds. The lowest BCUT2D eigenvalue weighted by Crippen LogP contribution is -2.08. The minimum atomic E-state index is -0.928. The van der Waals surface area contributed by atoms with Gasteiger partial charge in [0.05, 0.1) is 5.56 Å². The van der Waals surface area contributed by atoms with Crippen molar-refractivity contribution < 1.29 is 18.3 Å². The Hall–Kier alpha value is -2.75. The van der Waals surface area contributed by atoms with Gasteiger partial charge >= 0.3 is 5.97 Å². The maximum atomic E-state index is 13.5. The number of ether oxygens (including phenoxy) is 1. The molecule has 0 aliphatic heterocycles. The van der Waals surface area contributed by atoms with Crippen molar-refractivity contribution in [3.05, 3.63) is 83.4 Å². The van der Waals surface area contributed by atoms with Gasteiger partial charge in [-0.3, -0.25) is 0 Å². The van der Waals surface area contributed by atoms with Gasteiger partial charge in [-0.25, -0.2) is 13.6 Å². The summed E-state index contributed by atoms with van der Waals surface area (Å²) in [6.07, 6.45) is 0. The lowest BCUT2D eigenvalue weighted by molar-refractivity contribution is 0.0469. The van der Waals surface area contributed by atoms with Crippen LogP contribution in [-0.2, 0) is 11.3 Å². The molecule has 22 heavy (non-hydrogen) atoms. The molecule has 3 aromatic rings. The van der Waals surface area contributed by atoms with Crippen LogP contribution < -0.4 is 0 Å². The van der Waals surface area contributed by atoms with Crippen molar-refractivity contribution in [2.75, 3.05) is 0 Å². The van der Waals surface area contributed by atoms with Crippen LogP contribution >= 0.6 is 0 Å². The van der Waals surface area contributed by atoms with Crippen LogP contribution in [-0.4, -0.2) is 5.97 Å². The maximum Gasteiger partial charge on any atom is 0.341 e. The van der Waals surface area contributed by atoms with Crippen molar-refractivity contribution >= 4 is 16.7 Å². The summed E-state index contributed by atoms with van der Waals surface area (Å²) in [6, 6.07) is 16.1. The van der Waals surface area contributed by atoms with E-state index in [-0.39, 0.29) is 12.2 Å². The highest BCUT2D eigenvalue weighted by Gasteiger charge is 2.14. The summed E-state index contributed by atoms with van der Waals surface area (Å²) >= 11 is 0. The molecule has 0 saturated heterocycles. The van der Waals surface area contributed by atoms with Crippen molar-refractivity contribution in [3.8, 4) is 0 Å². The van der Waals surface area contributed by atoms with Crippen LogP contribution in [0.1, 0.15) is 15.9 Å². The van der Waals surface area contributed by atoms with E-state index < -0.39 is 17.6 Å². The molecule has 0 spiro atoms. The lowest BCUT2D eigenvalue weighted by atomic mass is 10.1. The SMILES string of the molecule is O=C(OCc1cccc2ccccc12)c1ccc(F)cc1F. The second-order valence-electron chi connectivity index (χ2n) is 4.84. The number of halogens is 2. The smallest absolute Gasteiger partial charge is 0.341 e. The Bertz CT molecular complexity index is 838. The highest BCUT2D eigenvalue weighted by Crippen LogP contribution is 2.20. The van der Waals surface area contributed by atoms with Gasteiger partial charge < -0.3 is 4.74 Å². The summed E-state index contributed by atoms with van der Waals surface area (Å²) in [5, 5.41) is 2.00. The minimum Gasteiger partial charge on any atom is -0.457 e. The molecule has 0 atom stereocenters. The Labute approximate surface area is 126 Å². The van der Waals surface area contributed by atoms with E-state index in [1.54, 1.807) is 0 Å². The molecule has 110 valence electrons. The van der Waals surface area contributed by atoms with Crippen LogP contribution in [0.2, 0.25) is 0 Å². The van der Waals surface area contributed by atoms with E-state index in [4.69, 9.17) is 4.74 Å². The first-order chi connectivity index (χ1) is 10.6. The van der Waals surface area contributed by atoms with Crippen LogP contribution in [0.15, 0.2) is 60.7 Å². The largest absolute Gasteiger partial charge is 0.457 e. The van der Waals surface area contributed by atoms with Crippen molar-refractivity contribution in [1.82, 2.24) is 0 Å². The summed E-state index contributed by atoms with van der Waals surface area (Å²) in [7, 11) is 0. The second kappa shape index (κ2) is 5.93. The maximum absolute atomic E-state index is 13.5. The van der Waals surface area contributed by atoms with Crippen LogP contribution in [0.3, 0.4) is 0 Å². The lowest BCUT2D eigenvalue weighted by Gasteiger charge is -2.08. The molecule has 3 rings (SSSR count). The molecule has 4 heteroatoms. The Kier molecular flexibility index (Phi) is 3.83. The molecular weight excluding hydrogens is 286 g/mol. The molecule has 0 aromatic heterocycles.